The first-order valence-electron chi connectivity index (χ1n) is 7.45. The minimum absolute atomic E-state index is 0.00589. The van der Waals surface area contributed by atoms with Crippen LogP contribution < -0.4 is 0 Å². The van der Waals surface area contributed by atoms with Crippen molar-refractivity contribution in [2.24, 2.45) is 0 Å². The smallest absolute Gasteiger partial charge is 0.283 e. The third-order valence-corrected chi connectivity index (χ3v) is 4.78. The molecular formula is C16H19N3O3S. The molecular weight excluding hydrogens is 314 g/mol. The Kier molecular flexibility index (Phi) is 5.44. The van der Waals surface area contributed by atoms with E-state index in [4.69, 9.17) is 0 Å². The second-order valence-corrected chi connectivity index (χ2v) is 6.36. The fourth-order valence-electron chi connectivity index (χ4n) is 2.63. The van der Waals surface area contributed by atoms with Gasteiger partial charge in [-0.15, -0.1) is 11.3 Å². The van der Waals surface area contributed by atoms with Gasteiger partial charge in [0.1, 0.15) is 0 Å². The maximum Gasteiger partial charge on any atom is 0.283 e. The Morgan fingerprint density at radius 3 is 2.52 bits per heavy atom. The molecule has 23 heavy (non-hydrogen) atoms. The molecule has 1 amide bonds. The molecule has 7 heteroatoms. The molecule has 1 atom stereocenters. The molecule has 0 spiro atoms. The number of aryl methyl sites for hydroxylation is 1. The van der Waals surface area contributed by atoms with Crippen molar-refractivity contribution in [2.45, 2.75) is 33.2 Å². The van der Waals surface area contributed by atoms with E-state index in [9.17, 15) is 14.9 Å². The summed E-state index contributed by atoms with van der Waals surface area (Å²) in [6, 6.07) is 5.10. The maximum absolute atomic E-state index is 12.8. The molecule has 6 nitrogen and oxygen atoms in total. The van der Waals surface area contributed by atoms with Crippen LogP contribution in [-0.4, -0.2) is 27.3 Å². The molecule has 0 aromatic carbocycles. The Labute approximate surface area is 138 Å². The number of hydrogen-bond donors (Lipinski definition) is 0. The van der Waals surface area contributed by atoms with Gasteiger partial charge in [-0.05, 0) is 38.0 Å². The fourth-order valence-corrected chi connectivity index (χ4v) is 3.57. The molecule has 0 saturated carbocycles. The van der Waals surface area contributed by atoms with Crippen LogP contribution in [0.5, 0.6) is 0 Å². The van der Waals surface area contributed by atoms with Crippen molar-refractivity contribution in [2.75, 3.05) is 6.54 Å². The van der Waals surface area contributed by atoms with Crippen LogP contribution in [0.1, 0.15) is 46.4 Å². The Morgan fingerprint density at radius 1 is 1.39 bits per heavy atom. The van der Waals surface area contributed by atoms with E-state index in [1.165, 1.54) is 17.4 Å². The normalized spacial score (nSPS) is 12.0. The summed E-state index contributed by atoms with van der Waals surface area (Å²) in [6.07, 6.45) is 4.17. The number of carbonyl (C=O) groups is 1. The third kappa shape index (κ3) is 3.56. The summed E-state index contributed by atoms with van der Waals surface area (Å²) >= 11 is 1.17. The molecule has 2 rings (SSSR count). The molecule has 2 aromatic rings. The van der Waals surface area contributed by atoms with Gasteiger partial charge in [-0.25, -0.2) is 0 Å². The Hall–Kier alpha value is -2.28. The molecule has 122 valence electrons. The van der Waals surface area contributed by atoms with Crippen molar-refractivity contribution in [3.8, 4) is 0 Å². The minimum atomic E-state index is -0.445. The number of carbonyl (C=O) groups excluding carboxylic acids is 1. The molecule has 0 saturated heterocycles. The third-order valence-electron chi connectivity index (χ3n) is 3.75. The van der Waals surface area contributed by atoms with Crippen molar-refractivity contribution in [3.05, 3.63) is 56.0 Å². The van der Waals surface area contributed by atoms with Crippen molar-refractivity contribution < 1.29 is 9.72 Å². The number of nitrogens with zero attached hydrogens (tertiary/aromatic N) is 3. The van der Waals surface area contributed by atoms with Crippen LogP contribution >= 0.6 is 11.3 Å². The number of rotatable bonds is 6. The molecule has 0 aliphatic heterocycles. The van der Waals surface area contributed by atoms with Crippen LogP contribution in [0.4, 0.5) is 5.69 Å². The predicted molar refractivity (Wildman–Crippen MR) is 89.7 cm³/mol. The topological polar surface area (TPSA) is 76.3 Å². The lowest BCUT2D eigenvalue weighted by Crippen LogP contribution is -2.34. The average Bonchev–Trinajstić information content (AvgIpc) is 2.95. The first-order chi connectivity index (χ1) is 11.0. The molecule has 0 bridgehead atoms. The number of aromatic nitrogens is 1. The zero-order chi connectivity index (χ0) is 17.0. The molecule has 0 radical (unpaired) electrons. The summed E-state index contributed by atoms with van der Waals surface area (Å²) < 4.78 is 0. The Balaban J connectivity index is 2.34. The summed E-state index contributed by atoms with van der Waals surface area (Å²) in [4.78, 5) is 30.1. The van der Waals surface area contributed by atoms with Crippen molar-refractivity contribution in [1.29, 1.82) is 0 Å². The summed E-state index contributed by atoms with van der Waals surface area (Å²) in [5.41, 5.74) is 1.02. The van der Waals surface area contributed by atoms with Crippen molar-refractivity contribution in [3.63, 3.8) is 0 Å². The van der Waals surface area contributed by atoms with E-state index in [1.807, 2.05) is 26.0 Å². The number of amides is 1. The lowest BCUT2D eigenvalue weighted by molar-refractivity contribution is -0.385. The van der Waals surface area contributed by atoms with Crippen LogP contribution in [0.25, 0.3) is 0 Å². The number of pyridine rings is 1. The second kappa shape index (κ2) is 7.32. The number of hydrogen-bond acceptors (Lipinski definition) is 5. The van der Waals surface area contributed by atoms with Gasteiger partial charge in [0.15, 0.2) is 0 Å². The van der Waals surface area contributed by atoms with E-state index in [0.29, 0.717) is 16.3 Å². The predicted octanol–water partition coefficient (Wildman–Crippen LogP) is 3.97. The van der Waals surface area contributed by atoms with Gasteiger partial charge in [-0.1, -0.05) is 6.92 Å². The van der Waals surface area contributed by atoms with Crippen molar-refractivity contribution in [1.82, 2.24) is 9.88 Å². The van der Waals surface area contributed by atoms with E-state index < -0.39 is 4.92 Å². The first-order valence-corrected chi connectivity index (χ1v) is 8.26. The number of nitro groups is 1. The highest BCUT2D eigenvalue weighted by molar-refractivity contribution is 7.14. The Morgan fingerprint density at radius 2 is 2.04 bits per heavy atom. The Bertz CT molecular complexity index is 700. The summed E-state index contributed by atoms with van der Waals surface area (Å²) in [5.74, 6) is -0.169. The summed E-state index contributed by atoms with van der Waals surface area (Å²) in [6.45, 7) is 6.13. The molecule has 0 unspecified atom stereocenters. The van der Waals surface area contributed by atoms with Crippen LogP contribution in [0.3, 0.4) is 0 Å². The molecule has 0 aliphatic carbocycles. The van der Waals surface area contributed by atoms with E-state index in [2.05, 4.69) is 4.98 Å². The minimum Gasteiger partial charge on any atom is -0.331 e. The van der Waals surface area contributed by atoms with Gasteiger partial charge < -0.3 is 4.90 Å². The van der Waals surface area contributed by atoms with Crippen LogP contribution in [0.15, 0.2) is 30.6 Å². The van der Waals surface area contributed by atoms with Crippen LogP contribution in [0, 0.1) is 17.0 Å². The molecule has 0 N–H and O–H groups in total. The highest BCUT2D eigenvalue weighted by atomic mass is 32.1. The lowest BCUT2D eigenvalue weighted by Gasteiger charge is -2.30. The molecule has 0 aliphatic rings. The van der Waals surface area contributed by atoms with Crippen molar-refractivity contribution >= 4 is 22.9 Å². The van der Waals surface area contributed by atoms with Gasteiger partial charge >= 0.3 is 0 Å². The quantitative estimate of drug-likeness (QED) is 0.592. The van der Waals surface area contributed by atoms with Crippen LogP contribution in [-0.2, 0) is 0 Å². The zero-order valence-electron chi connectivity index (χ0n) is 13.4. The zero-order valence-corrected chi connectivity index (χ0v) is 14.2. The van der Waals surface area contributed by atoms with Gasteiger partial charge in [0, 0.05) is 25.0 Å². The second-order valence-electron chi connectivity index (χ2n) is 5.10. The standard InChI is InChI=1S/C16H19N3O3S/c1-4-13(12-6-8-17-9-7-12)18(5-2)16(20)15-10-14(19(21)22)11(3)23-15/h6-10,13H,4-5H2,1-3H3/t13-/m0/s1. The van der Waals surface area contributed by atoms with Gasteiger partial charge in [-0.3, -0.25) is 19.9 Å². The van der Waals surface area contributed by atoms with Gasteiger partial charge in [0.05, 0.1) is 20.7 Å². The monoisotopic (exact) mass is 333 g/mol. The van der Waals surface area contributed by atoms with Gasteiger partial charge in [0.25, 0.3) is 11.6 Å². The highest BCUT2D eigenvalue weighted by Gasteiger charge is 2.27. The highest BCUT2D eigenvalue weighted by Crippen LogP contribution is 2.32. The molecule has 0 fully saturated rings. The average molecular weight is 333 g/mol. The summed E-state index contributed by atoms with van der Waals surface area (Å²) in [7, 11) is 0. The van der Waals surface area contributed by atoms with E-state index in [-0.39, 0.29) is 17.6 Å². The van der Waals surface area contributed by atoms with Gasteiger partial charge in [0.2, 0.25) is 0 Å². The van der Waals surface area contributed by atoms with E-state index >= 15 is 0 Å². The largest absolute Gasteiger partial charge is 0.331 e. The number of thiophene rings is 1. The lowest BCUT2D eigenvalue weighted by atomic mass is 10.0. The van der Waals surface area contributed by atoms with Crippen LogP contribution in [0.2, 0.25) is 0 Å². The van der Waals surface area contributed by atoms with Gasteiger partial charge in [-0.2, -0.15) is 0 Å². The van der Waals surface area contributed by atoms with E-state index in [0.717, 1.165) is 12.0 Å². The molecule has 2 heterocycles. The fraction of sp³-hybridized carbons (Fsp3) is 0.375. The van der Waals surface area contributed by atoms with E-state index in [1.54, 1.807) is 24.2 Å². The molecule has 2 aromatic heterocycles. The SMILES string of the molecule is CC[C@@H](c1ccncc1)N(CC)C(=O)c1cc([N+](=O)[O-])c(C)s1. The first kappa shape index (κ1) is 17.1. The maximum atomic E-state index is 12.8. The summed E-state index contributed by atoms with van der Waals surface area (Å²) in [5, 5.41) is 11.0.